The Morgan fingerprint density at radius 2 is 1.95 bits per heavy atom. The van der Waals surface area contributed by atoms with Crippen LogP contribution >= 0.6 is 11.6 Å². The van der Waals surface area contributed by atoms with E-state index in [1.54, 1.807) is 12.7 Å². The standard InChI is InChI=1S/C17H17ClN4/c18-16-8-4-5-14(9-16)10-20-17(11-22-13-19-12-21-22)15-6-2-1-3-7-15/h1-9,12-13,17,20H,10-11H2. The van der Waals surface area contributed by atoms with E-state index >= 15 is 0 Å². The third-order valence-electron chi connectivity index (χ3n) is 3.48. The lowest BCUT2D eigenvalue weighted by atomic mass is 10.1. The number of benzene rings is 2. The van der Waals surface area contributed by atoms with Crippen molar-refractivity contribution < 1.29 is 0 Å². The molecule has 0 aliphatic heterocycles. The summed E-state index contributed by atoms with van der Waals surface area (Å²) in [6, 6.07) is 18.4. The quantitative estimate of drug-likeness (QED) is 0.758. The van der Waals surface area contributed by atoms with Gasteiger partial charge in [-0.2, -0.15) is 5.10 Å². The van der Waals surface area contributed by atoms with E-state index < -0.39 is 0 Å². The molecule has 0 spiro atoms. The zero-order valence-corrected chi connectivity index (χ0v) is 12.8. The first-order valence-corrected chi connectivity index (χ1v) is 7.54. The molecule has 1 aromatic heterocycles. The molecule has 0 aliphatic rings. The predicted molar refractivity (Wildman–Crippen MR) is 87.5 cm³/mol. The van der Waals surface area contributed by atoms with Gasteiger partial charge < -0.3 is 5.32 Å². The van der Waals surface area contributed by atoms with Crippen molar-refractivity contribution in [1.29, 1.82) is 0 Å². The van der Waals surface area contributed by atoms with E-state index in [1.807, 2.05) is 41.1 Å². The van der Waals surface area contributed by atoms with E-state index in [9.17, 15) is 0 Å². The molecular weight excluding hydrogens is 296 g/mol. The van der Waals surface area contributed by atoms with Crippen LogP contribution in [0.25, 0.3) is 0 Å². The summed E-state index contributed by atoms with van der Waals surface area (Å²) in [5.41, 5.74) is 2.38. The van der Waals surface area contributed by atoms with Gasteiger partial charge in [-0.25, -0.2) is 4.98 Å². The average Bonchev–Trinajstić information content (AvgIpc) is 3.05. The second-order valence-corrected chi connectivity index (χ2v) is 5.53. The molecule has 3 aromatic rings. The van der Waals surface area contributed by atoms with Crippen LogP contribution in [0.15, 0.2) is 67.3 Å². The summed E-state index contributed by atoms with van der Waals surface area (Å²) >= 11 is 6.04. The van der Waals surface area contributed by atoms with E-state index in [2.05, 4.69) is 33.6 Å². The summed E-state index contributed by atoms with van der Waals surface area (Å²) in [6.07, 6.45) is 3.29. The van der Waals surface area contributed by atoms with Crippen molar-refractivity contribution in [3.05, 3.63) is 83.4 Å². The first kappa shape index (κ1) is 14.8. The van der Waals surface area contributed by atoms with Crippen molar-refractivity contribution in [2.45, 2.75) is 19.1 Å². The highest BCUT2D eigenvalue weighted by molar-refractivity contribution is 6.30. The minimum Gasteiger partial charge on any atom is -0.304 e. The van der Waals surface area contributed by atoms with Crippen LogP contribution in [-0.4, -0.2) is 14.8 Å². The lowest BCUT2D eigenvalue weighted by Crippen LogP contribution is -2.25. The van der Waals surface area contributed by atoms with Crippen LogP contribution in [0, 0.1) is 0 Å². The Hall–Kier alpha value is -2.17. The highest BCUT2D eigenvalue weighted by Crippen LogP contribution is 2.16. The van der Waals surface area contributed by atoms with Gasteiger partial charge in [-0.1, -0.05) is 54.1 Å². The first-order chi connectivity index (χ1) is 10.8. The van der Waals surface area contributed by atoms with E-state index in [4.69, 9.17) is 11.6 Å². The SMILES string of the molecule is Clc1cccc(CNC(Cn2cncn2)c2ccccc2)c1. The zero-order valence-electron chi connectivity index (χ0n) is 12.1. The molecule has 2 aromatic carbocycles. The number of rotatable bonds is 6. The van der Waals surface area contributed by atoms with Gasteiger partial charge in [-0.05, 0) is 23.3 Å². The normalized spacial score (nSPS) is 12.2. The summed E-state index contributed by atoms with van der Waals surface area (Å²) in [5, 5.41) is 8.52. The molecule has 5 heteroatoms. The summed E-state index contributed by atoms with van der Waals surface area (Å²) in [7, 11) is 0. The molecule has 0 saturated carbocycles. The van der Waals surface area contributed by atoms with Crippen LogP contribution in [0.2, 0.25) is 5.02 Å². The molecule has 22 heavy (non-hydrogen) atoms. The average molecular weight is 313 g/mol. The van der Waals surface area contributed by atoms with Crippen LogP contribution in [0.5, 0.6) is 0 Å². The molecule has 0 aliphatic carbocycles. The monoisotopic (exact) mass is 312 g/mol. The van der Waals surface area contributed by atoms with Gasteiger partial charge in [0.1, 0.15) is 12.7 Å². The van der Waals surface area contributed by atoms with Gasteiger partial charge >= 0.3 is 0 Å². The van der Waals surface area contributed by atoms with Crippen LogP contribution in [0.3, 0.4) is 0 Å². The molecule has 0 saturated heterocycles. The van der Waals surface area contributed by atoms with Crippen LogP contribution < -0.4 is 5.32 Å². The van der Waals surface area contributed by atoms with Gasteiger partial charge in [-0.15, -0.1) is 0 Å². The Bertz CT molecular complexity index is 698. The topological polar surface area (TPSA) is 42.7 Å². The van der Waals surface area contributed by atoms with Crippen molar-refractivity contribution >= 4 is 11.6 Å². The van der Waals surface area contributed by atoms with Crippen molar-refractivity contribution in [3.63, 3.8) is 0 Å². The third-order valence-corrected chi connectivity index (χ3v) is 3.71. The van der Waals surface area contributed by atoms with Gasteiger partial charge in [0.2, 0.25) is 0 Å². The Morgan fingerprint density at radius 3 is 2.68 bits per heavy atom. The molecule has 0 radical (unpaired) electrons. The number of hydrogen-bond donors (Lipinski definition) is 1. The Morgan fingerprint density at radius 1 is 1.09 bits per heavy atom. The molecule has 3 rings (SSSR count). The summed E-state index contributed by atoms with van der Waals surface area (Å²) < 4.78 is 1.84. The second kappa shape index (κ2) is 7.20. The molecule has 1 unspecified atom stereocenters. The molecule has 0 amide bonds. The molecule has 1 heterocycles. The molecule has 1 N–H and O–H groups in total. The van der Waals surface area contributed by atoms with Gasteiger partial charge in [0.05, 0.1) is 12.6 Å². The number of aromatic nitrogens is 3. The maximum absolute atomic E-state index is 6.04. The van der Waals surface area contributed by atoms with Crippen molar-refractivity contribution in [2.75, 3.05) is 0 Å². The minimum atomic E-state index is 0.155. The first-order valence-electron chi connectivity index (χ1n) is 7.16. The second-order valence-electron chi connectivity index (χ2n) is 5.09. The highest BCUT2D eigenvalue weighted by Gasteiger charge is 2.12. The Labute approximate surface area is 134 Å². The summed E-state index contributed by atoms with van der Waals surface area (Å²) in [5.74, 6) is 0. The molecule has 1 atom stereocenters. The van der Waals surface area contributed by atoms with Gasteiger partial charge in [0.15, 0.2) is 0 Å². The number of halogens is 1. The fraction of sp³-hybridized carbons (Fsp3) is 0.176. The number of hydrogen-bond acceptors (Lipinski definition) is 3. The molecular formula is C17H17ClN4. The van der Waals surface area contributed by atoms with Gasteiger partial charge in [-0.3, -0.25) is 4.68 Å². The van der Waals surface area contributed by atoms with Crippen LogP contribution in [0.1, 0.15) is 17.2 Å². The maximum atomic E-state index is 6.04. The number of nitrogens with zero attached hydrogens (tertiary/aromatic N) is 3. The minimum absolute atomic E-state index is 0.155. The van der Waals surface area contributed by atoms with Crippen molar-refractivity contribution in [3.8, 4) is 0 Å². The van der Waals surface area contributed by atoms with Gasteiger partial charge in [0, 0.05) is 11.6 Å². The van der Waals surface area contributed by atoms with E-state index in [0.717, 1.165) is 23.7 Å². The third kappa shape index (κ3) is 3.93. The lowest BCUT2D eigenvalue weighted by Gasteiger charge is -2.19. The van der Waals surface area contributed by atoms with Gasteiger partial charge in [0.25, 0.3) is 0 Å². The highest BCUT2D eigenvalue weighted by atomic mass is 35.5. The molecule has 112 valence electrons. The van der Waals surface area contributed by atoms with E-state index in [1.165, 1.54) is 5.56 Å². The zero-order chi connectivity index (χ0) is 15.2. The molecule has 4 nitrogen and oxygen atoms in total. The van der Waals surface area contributed by atoms with Crippen molar-refractivity contribution in [2.24, 2.45) is 0 Å². The van der Waals surface area contributed by atoms with Crippen LogP contribution in [-0.2, 0) is 13.1 Å². The van der Waals surface area contributed by atoms with E-state index in [-0.39, 0.29) is 6.04 Å². The van der Waals surface area contributed by atoms with Crippen molar-refractivity contribution in [1.82, 2.24) is 20.1 Å². The lowest BCUT2D eigenvalue weighted by molar-refractivity contribution is 0.436. The fourth-order valence-corrected chi connectivity index (χ4v) is 2.59. The Kier molecular flexibility index (Phi) is 4.83. The fourth-order valence-electron chi connectivity index (χ4n) is 2.38. The summed E-state index contributed by atoms with van der Waals surface area (Å²) in [6.45, 7) is 1.47. The Balaban J connectivity index is 1.73. The molecule has 0 fully saturated rings. The largest absolute Gasteiger partial charge is 0.304 e. The summed E-state index contributed by atoms with van der Waals surface area (Å²) in [4.78, 5) is 4.01. The molecule has 0 bridgehead atoms. The van der Waals surface area contributed by atoms with E-state index in [0.29, 0.717) is 0 Å². The smallest absolute Gasteiger partial charge is 0.137 e. The maximum Gasteiger partial charge on any atom is 0.137 e. The van der Waals surface area contributed by atoms with Crippen LogP contribution in [0.4, 0.5) is 0 Å². The number of nitrogens with one attached hydrogen (secondary N) is 1. The predicted octanol–water partition coefficient (Wildman–Crippen LogP) is 3.46.